The molecule has 4 rings (SSSR count). The van der Waals surface area contributed by atoms with Gasteiger partial charge in [0, 0.05) is 0 Å². The Hall–Kier alpha value is -2.88. The minimum Gasteiger partial charge on any atom is -0.457 e. The number of amides is 2. The van der Waals surface area contributed by atoms with Crippen molar-refractivity contribution < 1.29 is 14.3 Å². The molecule has 0 N–H and O–H groups in total. The number of benzene rings is 2. The standard InChI is InChI=1S/C23H23NO3/c1-14-6-5-9-20(16(14)3)27-18-12-10-17(11-13-18)24-22(25)19-8-4-7-15(2)21(19)23(24)26/h4-7,9-13,15,19,21H,8H2,1-3H3/t15-,19-,21+/m0/s1. The molecule has 27 heavy (non-hydrogen) atoms. The van der Waals surface area contributed by atoms with Gasteiger partial charge in [0.25, 0.3) is 0 Å². The summed E-state index contributed by atoms with van der Waals surface area (Å²) in [5.74, 6) is 0.921. The highest BCUT2D eigenvalue weighted by atomic mass is 16.5. The Morgan fingerprint density at radius 2 is 1.74 bits per heavy atom. The molecule has 1 aliphatic heterocycles. The van der Waals surface area contributed by atoms with Crippen LogP contribution in [0.2, 0.25) is 0 Å². The molecule has 138 valence electrons. The van der Waals surface area contributed by atoms with Crippen molar-refractivity contribution in [2.24, 2.45) is 17.8 Å². The summed E-state index contributed by atoms with van der Waals surface area (Å²) in [5.41, 5.74) is 2.87. The highest BCUT2D eigenvalue weighted by Crippen LogP contribution is 2.40. The smallest absolute Gasteiger partial charge is 0.238 e. The highest BCUT2D eigenvalue weighted by molar-refractivity contribution is 6.22. The molecule has 1 fully saturated rings. The zero-order valence-electron chi connectivity index (χ0n) is 15.8. The predicted octanol–water partition coefficient (Wildman–Crippen LogP) is 4.80. The van der Waals surface area contributed by atoms with Gasteiger partial charge in [0.05, 0.1) is 17.5 Å². The van der Waals surface area contributed by atoms with Crippen LogP contribution in [0, 0.1) is 31.6 Å². The van der Waals surface area contributed by atoms with Gasteiger partial charge in [-0.1, -0.05) is 31.2 Å². The maximum atomic E-state index is 12.9. The van der Waals surface area contributed by atoms with Crippen molar-refractivity contribution in [3.05, 3.63) is 65.7 Å². The summed E-state index contributed by atoms with van der Waals surface area (Å²) >= 11 is 0. The van der Waals surface area contributed by atoms with Crippen LogP contribution in [0.3, 0.4) is 0 Å². The van der Waals surface area contributed by atoms with Crippen LogP contribution in [0.1, 0.15) is 24.5 Å². The third-order valence-corrected chi connectivity index (χ3v) is 5.75. The highest BCUT2D eigenvalue weighted by Gasteiger charge is 2.50. The lowest BCUT2D eigenvalue weighted by atomic mass is 9.78. The zero-order valence-corrected chi connectivity index (χ0v) is 15.8. The monoisotopic (exact) mass is 361 g/mol. The van der Waals surface area contributed by atoms with Gasteiger partial charge in [-0.3, -0.25) is 14.5 Å². The van der Waals surface area contributed by atoms with E-state index in [0.717, 1.165) is 11.3 Å². The summed E-state index contributed by atoms with van der Waals surface area (Å²) in [6.07, 6.45) is 4.70. The minimum atomic E-state index is -0.242. The van der Waals surface area contributed by atoms with Crippen LogP contribution in [-0.2, 0) is 9.59 Å². The number of anilines is 1. The fraction of sp³-hybridized carbons (Fsp3) is 0.304. The first kappa shape index (κ1) is 17.5. The molecule has 0 aromatic heterocycles. The van der Waals surface area contributed by atoms with Crippen molar-refractivity contribution >= 4 is 17.5 Å². The van der Waals surface area contributed by atoms with E-state index in [1.54, 1.807) is 24.3 Å². The molecule has 2 aromatic rings. The number of rotatable bonds is 3. The Morgan fingerprint density at radius 1 is 1.00 bits per heavy atom. The Bertz CT molecular complexity index is 929. The molecular weight excluding hydrogens is 338 g/mol. The second-order valence-electron chi connectivity index (χ2n) is 7.46. The number of carbonyl (C=O) groups excluding carboxylic acids is 2. The van der Waals surface area contributed by atoms with Crippen molar-refractivity contribution in [1.82, 2.24) is 0 Å². The lowest BCUT2D eigenvalue weighted by Gasteiger charge is -2.22. The van der Waals surface area contributed by atoms with E-state index in [0.29, 0.717) is 17.9 Å². The maximum absolute atomic E-state index is 12.9. The molecule has 1 saturated heterocycles. The molecule has 1 heterocycles. The van der Waals surface area contributed by atoms with Crippen molar-refractivity contribution in [3.63, 3.8) is 0 Å². The van der Waals surface area contributed by atoms with Gasteiger partial charge in [0.15, 0.2) is 0 Å². The van der Waals surface area contributed by atoms with Crippen molar-refractivity contribution in [1.29, 1.82) is 0 Å². The van der Waals surface area contributed by atoms with Crippen molar-refractivity contribution in [2.75, 3.05) is 4.90 Å². The Morgan fingerprint density at radius 3 is 2.44 bits per heavy atom. The normalized spacial score (nSPS) is 24.3. The first-order valence-corrected chi connectivity index (χ1v) is 9.36. The van der Waals surface area contributed by atoms with E-state index in [1.165, 1.54) is 10.5 Å². The summed E-state index contributed by atoms with van der Waals surface area (Å²) in [6.45, 7) is 6.08. The molecule has 3 atom stereocenters. The summed E-state index contributed by atoms with van der Waals surface area (Å²) in [6, 6.07) is 13.1. The molecular formula is C23H23NO3. The summed E-state index contributed by atoms with van der Waals surface area (Å²) in [7, 11) is 0. The molecule has 2 aromatic carbocycles. The predicted molar refractivity (Wildman–Crippen MR) is 105 cm³/mol. The van der Waals surface area contributed by atoms with E-state index in [2.05, 4.69) is 0 Å². The second-order valence-corrected chi connectivity index (χ2v) is 7.46. The van der Waals surface area contributed by atoms with E-state index < -0.39 is 0 Å². The van der Waals surface area contributed by atoms with Crippen LogP contribution >= 0.6 is 0 Å². The van der Waals surface area contributed by atoms with Crippen LogP contribution in [0.15, 0.2) is 54.6 Å². The van der Waals surface area contributed by atoms with Crippen molar-refractivity contribution in [3.8, 4) is 11.5 Å². The van der Waals surface area contributed by atoms with Crippen LogP contribution in [-0.4, -0.2) is 11.8 Å². The van der Waals surface area contributed by atoms with Crippen LogP contribution in [0.5, 0.6) is 11.5 Å². The molecule has 4 nitrogen and oxygen atoms in total. The maximum Gasteiger partial charge on any atom is 0.238 e. The van der Waals surface area contributed by atoms with Crippen LogP contribution < -0.4 is 9.64 Å². The molecule has 0 radical (unpaired) electrons. The molecule has 0 saturated carbocycles. The first-order chi connectivity index (χ1) is 13.0. The second kappa shape index (κ2) is 6.69. The third-order valence-electron chi connectivity index (χ3n) is 5.75. The van der Waals surface area contributed by atoms with Gasteiger partial charge in [-0.05, 0) is 67.6 Å². The largest absolute Gasteiger partial charge is 0.457 e. The molecule has 2 aliphatic rings. The molecule has 2 amide bonds. The van der Waals surface area contributed by atoms with Gasteiger partial charge in [-0.2, -0.15) is 0 Å². The number of carbonyl (C=O) groups is 2. The third kappa shape index (κ3) is 2.95. The Balaban J connectivity index is 1.57. The molecule has 0 spiro atoms. The fourth-order valence-electron chi connectivity index (χ4n) is 4.03. The lowest BCUT2D eigenvalue weighted by Crippen LogP contribution is -2.31. The van der Waals surface area contributed by atoms with Crippen LogP contribution in [0.25, 0.3) is 0 Å². The number of allylic oxidation sites excluding steroid dienone is 2. The fourth-order valence-corrected chi connectivity index (χ4v) is 4.03. The summed E-state index contributed by atoms with van der Waals surface area (Å²) in [4.78, 5) is 27.0. The number of hydrogen-bond acceptors (Lipinski definition) is 3. The van der Waals surface area contributed by atoms with Crippen molar-refractivity contribution in [2.45, 2.75) is 27.2 Å². The van der Waals surface area contributed by atoms with Gasteiger partial charge in [0.1, 0.15) is 11.5 Å². The van der Waals surface area contributed by atoms with Gasteiger partial charge < -0.3 is 4.74 Å². The van der Waals surface area contributed by atoms with Gasteiger partial charge in [-0.15, -0.1) is 0 Å². The Labute approximate surface area is 159 Å². The summed E-state index contributed by atoms with van der Waals surface area (Å²) in [5, 5.41) is 0. The first-order valence-electron chi connectivity index (χ1n) is 9.36. The molecule has 1 aliphatic carbocycles. The van der Waals surface area contributed by atoms with Gasteiger partial charge in [-0.25, -0.2) is 0 Å². The Kier molecular flexibility index (Phi) is 4.34. The molecule has 0 unspecified atom stereocenters. The number of hydrogen-bond donors (Lipinski definition) is 0. The quantitative estimate of drug-likeness (QED) is 0.583. The topological polar surface area (TPSA) is 46.6 Å². The number of aryl methyl sites for hydroxylation is 1. The van der Waals surface area contributed by atoms with E-state index in [9.17, 15) is 9.59 Å². The minimum absolute atomic E-state index is 0.0925. The molecule has 0 bridgehead atoms. The van der Waals surface area contributed by atoms with Crippen LogP contribution in [0.4, 0.5) is 5.69 Å². The van der Waals surface area contributed by atoms with Gasteiger partial charge >= 0.3 is 0 Å². The van der Waals surface area contributed by atoms with E-state index in [4.69, 9.17) is 4.74 Å². The van der Waals surface area contributed by atoms with E-state index >= 15 is 0 Å². The number of ether oxygens (including phenoxy) is 1. The van der Waals surface area contributed by atoms with Gasteiger partial charge in [0.2, 0.25) is 11.8 Å². The number of nitrogens with zero attached hydrogens (tertiary/aromatic N) is 1. The zero-order chi connectivity index (χ0) is 19.1. The SMILES string of the molecule is Cc1cccc(Oc2ccc(N3C(=O)[C@H]4[C@H](CC=C[C@@H]4C)C3=O)cc2)c1C. The average Bonchev–Trinajstić information content (AvgIpc) is 2.92. The number of imide groups is 1. The summed E-state index contributed by atoms with van der Waals surface area (Å²) < 4.78 is 5.97. The molecule has 4 heteroatoms. The lowest BCUT2D eigenvalue weighted by molar-refractivity contribution is -0.122. The van der Waals surface area contributed by atoms with E-state index in [-0.39, 0.29) is 29.6 Å². The number of fused-ring (bicyclic) bond motifs is 1. The van der Waals surface area contributed by atoms with E-state index in [1.807, 2.05) is 51.1 Å². The average molecular weight is 361 g/mol.